The summed E-state index contributed by atoms with van der Waals surface area (Å²) in [7, 11) is 1.96. The van der Waals surface area contributed by atoms with Gasteiger partial charge >= 0.3 is 0 Å². The second-order valence-electron chi connectivity index (χ2n) is 6.72. The molecule has 1 aliphatic heterocycles. The van der Waals surface area contributed by atoms with Gasteiger partial charge in [0.15, 0.2) is 0 Å². The SMILES string of the molecule is CCC1CCCC2(CC1)CC(NC)c1cc(F)ccc1O2. The van der Waals surface area contributed by atoms with Crippen LogP contribution in [0.4, 0.5) is 4.39 Å². The highest BCUT2D eigenvalue weighted by Crippen LogP contribution is 2.46. The summed E-state index contributed by atoms with van der Waals surface area (Å²) >= 11 is 0. The molecule has 2 nitrogen and oxygen atoms in total. The van der Waals surface area contributed by atoms with Gasteiger partial charge in [0.05, 0.1) is 0 Å². The van der Waals surface area contributed by atoms with Crippen LogP contribution in [0, 0.1) is 11.7 Å². The molecule has 2 aliphatic rings. The molecule has 1 saturated carbocycles. The van der Waals surface area contributed by atoms with E-state index in [4.69, 9.17) is 4.74 Å². The van der Waals surface area contributed by atoms with Crippen LogP contribution in [0.1, 0.15) is 63.5 Å². The fraction of sp³-hybridized carbons (Fsp3) is 0.667. The topological polar surface area (TPSA) is 21.3 Å². The molecule has 1 fully saturated rings. The molecule has 0 aromatic heterocycles. The summed E-state index contributed by atoms with van der Waals surface area (Å²) in [6, 6.07) is 5.13. The average molecular weight is 291 g/mol. The molecule has 0 bridgehead atoms. The molecule has 3 unspecified atom stereocenters. The van der Waals surface area contributed by atoms with Gasteiger partial charge in [0.1, 0.15) is 17.2 Å². The van der Waals surface area contributed by atoms with Gasteiger partial charge in [-0.3, -0.25) is 0 Å². The number of benzene rings is 1. The Labute approximate surface area is 127 Å². The van der Waals surface area contributed by atoms with Gasteiger partial charge in [0, 0.05) is 18.0 Å². The summed E-state index contributed by atoms with van der Waals surface area (Å²) in [5.74, 6) is 1.54. The van der Waals surface area contributed by atoms with Crippen LogP contribution in [0.25, 0.3) is 0 Å². The van der Waals surface area contributed by atoms with E-state index in [1.54, 1.807) is 12.1 Å². The van der Waals surface area contributed by atoms with Crippen LogP contribution in [0.3, 0.4) is 0 Å². The van der Waals surface area contributed by atoms with Gasteiger partial charge in [0.2, 0.25) is 0 Å². The van der Waals surface area contributed by atoms with E-state index in [0.29, 0.717) is 0 Å². The predicted octanol–water partition coefficient (Wildman–Crippen LogP) is 4.60. The third-order valence-corrected chi connectivity index (χ3v) is 5.43. The number of halogens is 1. The lowest BCUT2D eigenvalue weighted by atomic mass is 9.82. The second-order valence-corrected chi connectivity index (χ2v) is 6.72. The molecule has 0 saturated heterocycles. The lowest BCUT2D eigenvalue weighted by Crippen LogP contribution is -2.43. The molecule has 3 heteroatoms. The fourth-order valence-corrected chi connectivity index (χ4v) is 4.06. The molecule has 116 valence electrons. The minimum Gasteiger partial charge on any atom is -0.487 e. The summed E-state index contributed by atoms with van der Waals surface area (Å²) in [4.78, 5) is 0. The number of nitrogens with one attached hydrogen (secondary N) is 1. The van der Waals surface area contributed by atoms with Gasteiger partial charge < -0.3 is 10.1 Å². The quantitative estimate of drug-likeness (QED) is 0.860. The molecule has 0 amide bonds. The number of hydrogen-bond acceptors (Lipinski definition) is 2. The molecule has 3 rings (SSSR count). The van der Waals surface area contributed by atoms with Crippen LogP contribution in [0.2, 0.25) is 0 Å². The van der Waals surface area contributed by atoms with Gasteiger partial charge in [0.25, 0.3) is 0 Å². The highest BCUT2D eigenvalue weighted by atomic mass is 19.1. The zero-order valence-corrected chi connectivity index (χ0v) is 13.1. The first-order chi connectivity index (χ1) is 10.2. The first kappa shape index (κ1) is 14.8. The number of fused-ring (bicyclic) bond motifs is 1. The van der Waals surface area contributed by atoms with Crippen LogP contribution in [-0.4, -0.2) is 12.6 Å². The standard InChI is InChI=1S/C18H26FNO/c1-3-13-5-4-9-18(10-8-13)12-16(20-2)15-11-14(19)6-7-17(15)21-18/h6-7,11,13,16,20H,3-5,8-10,12H2,1-2H3. The average Bonchev–Trinajstić information content (AvgIpc) is 2.69. The van der Waals surface area contributed by atoms with E-state index in [9.17, 15) is 4.39 Å². The monoisotopic (exact) mass is 291 g/mol. The van der Waals surface area contributed by atoms with Crippen molar-refractivity contribution in [1.29, 1.82) is 0 Å². The highest BCUT2D eigenvalue weighted by molar-refractivity contribution is 5.39. The zero-order chi connectivity index (χ0) is 14.9. The van der Waals surface area contributed by atoms with E-state index in [0.717, 1.165) is 36.5 Å². The molecule has 21 heavy (non-hydrogen) atoms. The van der Waals surface area contributed by atoms with Crippen LogP contribution in [-0.2, 0) is 0 Å². The van der Waals surface area contributed by atoms with Crippen molar-refractivity contribution >= 4 is 0 Å². The van der Waals surface area contributed by atoms with E-state index >= 15 is 0 Å². The number of ether oxygens (including phenoxy) is 1. The van der Waals surface area contributed by atoms with E-state index in [1.165, 1.54) is 31.7 Å². The largest absolute Gasteiger partial charge is 0.487 e. The summed E-state index contributed by atoms with van der Waals surface area (Å²) in [5, 5.41) is 3.36. The van der Waals surface area contributed by atoms with Crippen LogP contribution in [0.15, 0.2) is 18.2 Å². The molecular formula is C18H26FNO. The highest BCUT2D eigenvalue weighted by Gasteiger charge is 2.41. The molecule has 1 aliphatic carbocycles. The minimum atomic E-state index is -0.180. The summed E-state index contributed by atoms with van der Waals surface area (Å²) in [6.07, 6.45) is 8.29. The molecule has 1 heterocycles. The fourth-order valence-electron chi connectivity index (χ4n) is 4.06. The summed E-state index contributed by atoms with van der Waals surface area (Å²) in [6.45, 7) is 2.29. The van der Waals surface area contributed by atoms with Crippen molar-refractivity contribution in [1.82, 2.24) is 5.32 Å². The first-order valence-electron chi connectivity index (χ1n) is 8.31. The molecular weight excluding hydrogens is 265 g/mol. The Morgan fingerprint density at radius 2 is 2.19 bits per heavy atom. The van der Waals surface area contributed by atoms with E-state index in [1.807, 2.05) is 7.05 Å². The van der Waals surface area contributed by atoms with Crippen molar-refractivity contribution < 1.29 is 9.13 Å². The summed E-state index contributed by atoms with van der Waals surface area (Å²) in [5.41, 5.74) is 0.919. The van der Waals surface area contributed by atoms with Crippen LogP contribution in [0.5, 0.6) is 5.75 Å². The van der Waals surface area contributed by atoms with Crippen molar-refractivity contribution in [2.75, 3.05) is 7.05 Å². The Morgan fingerprint density at radius 3 is 2.95 bits per heavy atom. The van der Waals surface area contributed by atoms with E-state index < -0.39 is 0 Å². The van der Waals surface area contributed by atoms with Gasteiger partial charge in [-0.1, -0.05) is 19.8 Å². The predicted molar refractivity (Wildman–Crippen MR) is 83.0 cm³/mol. The van der Waals surface area contributed by atoms with Crippen molar-refractivity contribution in [3.8, 4) is 5.75 Å². The lowest BCUT2D eigenvalue weighted by Gasteiger charge is -2.42. The molecule has 1 spiro atoms. The maximum Gasteiger partial charge on any atom is 0.125 e. The third-order valence-electron chi connectivity index (χ3n) is 5.43. The van der Waals surface area contributed by atoms with Crippen molar-refractivity contribution in [2.45, 2.75) is 63.5 Å². The van der Waals surface area contributed by atoms with E-state index in [-0.39, 0.29) is 17.5 Å². The molecule has 1 aromatic rings. The van der Waals surface area contributed by atoms with Crippen molar-refractivity contribution in [2.24, 2.45) is 5.92 Å². The van der Waals surface area contributed by atoms with Crippen LogP contribution >= 0.6 is 0 Å². The Balaban J connectivity index is 1.87. The van der Waals surface area contributed by atoms with Gasteiger partial charge in [-0.05, 0) is 56.8 Å². The molecule has 3 atom stereocenters. The minimum absolute atomic E-state index is 0.0531. The zero-order valence-electron chi connectivity index (χ0n) is 13.1. The normalized spacial score (nSPS) is 32.3. The summed E-state index contributed by atoms with van der Waals surface area (Å²) < 4.78 is 19.9. The van der Waals surface area contributed by atoms with Crippen molar-refractivity contribution in [3.63, 3.8) is 0 Å². The molecule has 1 N–H and O–H groups in total. The Hall–Kier alpha value is -1.09. The number of rotatable bonds is 2. The Kier molecular flexibility index (Phi) is 4.21. The maximum atomic E-state index is 13.5. The number of hydrogen-bond donors (Lipinski definition) is 1. The van der Waals surface area contributed by atoms with Crippen molar-refractivity contribution in [3.05, 3.63) is 29.6 Å². The Bertz CT molecular complexity index is 504. The smallest absolute Gasteiger partial charge is 0.125 e. The third kappa shape index (κ3) is 2.94. The maximum absolute atomic E-state index is 13.5. The van der Waals surface area contributed by atoms with E-state index in [2.05, 4.69) is 12.2 Å². The molecule has 0 radical (unpaired) electrons. The van der Waals surface area contributed by atoms with Gasteiger partial charge in [-0.2, -0.15) is 0 Å². The first-order valence-corrected chi connectivity index (χ1v) is 8.31. The lowest BCUT2D eigenvalue weighted by molar-refractivity contribution is 0.0160. The molecule has 1 aromatic carbocycles. The van der Waals surface area contributed by atoms with Gasteiger partial charge in [-0.15, -0.1) is 0 Å². The van der Waals surface area contributed by atoms with Crippen LogP contribution < -0.4 is 10.1 Å². The Morgan fingerprint density at radius 1 is 1.33 bits per heavy atom. The second kappa shape index (κ2) is 5.96. The van der Waals surface area contributed by atoms with Gasteiger partial charge in [-0.25, -0.2) is 4.39 Å².